The highest BCUT2D eigenvalue weighted by Gasteiger charge is 2.26. The number of pyridine rings is 2. The Morgan fingerprint density at radius 2 is 2.16 bits per heavy atom. The molecule has 124 valence electrons. The smallest absolute Gasteiger partial charge is 0.196 e. The van der Waals surface area contributed by atoms with Crippen molar-refractivity contribution in [2.45, 2.75) is 24.2 Å². The molecule has 1 aliphatic carbocycles. The largest absolute Gasteiger partial charge is 0.306 e. The molecular formula is C19H14ClN3OS. The van der Waals surface area contributed by atoms with Crippen LogP contribution in [0.3, 0.4) is 0 Å². The van der Waals surface area contributed by atoms with Crippen LogP contribution in [0.4, 0.5) is 0 Å². The highest BCUT2D eigenvalue weighted by Crippen LogP contribution is 2.39. The molecular weight excluding hydrogens is 354 g/mol. The first-order valence-electron chi connectivity index (χ1n) is 8.04. The number of carbonyl (C=O) groups is 1. The van der Waals surface area contributed by atoms with Crippen LogP contribution in [0.2, 0.25) is 5.02 Å². The lowest BCUT2D eigenvalue weighted by atomic mass is 9.87. The van der Waals surface area contributed by atoms with Gasteiger partial charge in [0.15, 0.2) is 5.12 Å². The number of nitrogens with zero attached hydrogens (tertiary/aromatic N) is 3. The van der Waals surface area contributed by atoms with Gasteiger partial charge in [0.2, 0.25) is 0 Å². The Hall–Kier alpha value is -2.29. The van der Waals surface area contributed by atoms with E-state index in [0.29, 0.717) is 10.7 Å². The van der Waals surface area contributed by atoms with Gasteiger partial charge in [0.05, 0.1) is 10.5 Å². The summed E-state index contributed by atoms with van der Waals surface area (Å²) < 4.78 is 1.77. The van der Waals surface area contributed by atoms with Gasteiger partial charge in [-0.3, -0.25) is 9.78 Å². The van der Waals surface area contributed by atoms with E-state index in [-0.39, 0.29) is 11.0 Å². The average molecular weight is 368 g/mol. The fourth-order valence-corrected chi connectivity index (χ4v) is 4.21. The van der Waals surface area contributed by atoms with Crippen molar-refractivity contribution in [1.82, 2.24) is 9.38 Å². The molecule has 0 atom stereocenters. The lowest BCUT2D eigenvalue weighted by Crippen LogP contribution is -2.19. The van der Waals surface area contributed by atoms with Crippen LogP contribution in [0, 0.1) is 17.2 Å². The SMILES string of the molecule is N#Cc1ccc(-c2cnccc2SC(=O)C2CCC2)c2cc(Cl)cn12. The Bertz CT molecular complexity index is 1020. The third-order valence-electron chi connectivity index (χ3n) is 4.56. The number of nitriles is 1. The molecule has 1 fully saturated rings. The van der Waals surface area contributed by atoms with Crippen molar-refractivity contribution in [3.63, 3.8) is 0 Å². The molecule has 0 bridgehead atoms. The summed E-state index contributed by atoms with van der Waals surface area (Å²) in [5.41, 5.74) is 3.12. The molecule has 0 amide bonds. The highest BCUT2D eigenvalue weighted by atomic mass is 35.5. The normalized spacial score (nSPS) is 14.2. The number of fused-ring (bicyclic) bond motifs is 1. The van der Waals surface area contributed by atoms with E-state index in [2.05, 4.69) is 11.1 Å². The van der Waals surface area contributed by atoms with Crippen LogP contribution < -0.4 is 0 Å². The van der Waals surface area contributed by atoms with Crippen molar-refractivity contribution in [1.29, 1.82) is 5.26 Å². The summed E-state index contributed by atoms with van der Waals surface area (Å²) in [5.74, 6) is 0.176. The molecule has 0 aliphatic heterocycles. The third kappa shape index (κ3) is 2.92. The fraction of sp³-hybridized carbons (Fsp3) is 0.211. The minimum absolute atomic E-state index is 0.176. The molecule has 0 saturated heterocycles. The summed E-state index contributed by atoms with van der Waals surface area (Å²) in [6.07, 6.45) is 8.30. The standard InChI is InChI=1S/C19H14ClN3OS/c20-13-8-17-15(5-4-14(9-21)23(17)11-13)16-10-22-7-6-18(16)25-19(24)12-2-1-3-12/h4-8,10-12H,1-3H2. The topological polar surface area (TPSA) is 58.2 Å². The predicted molar refractivity (Wildman–Crippen MR) is 98.6 cm³/mol. The first kappa shape index (κ1) is 16.2. The molecule has 1 aliphatic rings. The summed E-state index contributed by atoms with van der Waals surface area (Å²) in [4.78, 5) is 17.5. The van der Waals surface area contributed by atoms with Crippen molar-refractivity contribution >= 4 is 34.0 Å². The first-order valence-corrected chi connectivity index (χ1v) is 9.23. The van der Waals surface area contributed by atoms with Gasteiger partial charge in [0.1, 0.15) is 11.8 Å². The lowest BCUT2D eigenvalue weighted by molar-refractivity contribution is -0.116. The Kier molecular flexibility index (Phi) is 4.24. The average Bonchev–Trinajstić information content (AvgIpc) is 2.94. The maximum absolute atomic E-state index is 12.4. The molecule has 6 heteroatoms. The van der Waals surface area contributed by atoms with Crippen LogP contribution in [0.5, 0.6) is 0 Å². The molecule has 4 nitrogen and oxygen atoms in total. The van der Waals surface area contributed by atoms with Crippen molar-refractivity contribution in [3.05, 3.63) is 53.6 Å². The van der Waals surface area contributed by atoms with Crippen molar-refractivity contribution in [3.8, 4) is 17.2 Å². The van der Waals surface area contributed by atoms with E-state index in [1.54, 1.807) is 29.1 Å². The lowest BCUT2D eigenvalue weighted by Gasteiger charge is -2.23. The van der Waals surface area contributed by atoms with Crippen molar-refractivity contribution in [2.24, 2.45) is 5.92 Å². The fourth-order valence-electron chi connectivity index (χ4n) is 2.99. The molecule has 3 heterocycles. The van der Waals surface area contributed by atoms with Gasteiger partial charge in [-0.05, 0) is 37.1 Å². The van der Waals surface area contributed by atoms with Crippen LogP contribution >= 0.6 is 23.4 Å². The molecule has 0 radical (unpaired) electrons. The van der Waals surface area contributed by atoms with Crippen molar-refractivity contribution < 1.29 is 4.79 Å². The summed E-state index contributed by atoms with van der Waals surface area (Å²) in [5, 5.41) is 10.1. The number of carbonyl (C=O) groups excluding carboxylic acids is 1. The van der Waals surface area contributed by atoms with Crippen molar-refractivity contribution in [2.75, 3.05) is 0 Å². The van der Waals surface area contributed by atoms with E-state index in [0.717, 1.165) is 40.8 Å². The van der Waals surface area contributed by atoms with Gasteiger partial charge in [-0.2, -0.15) is 5.26 Å². The van der Waals surface area contributed by atoms with E-state index in [1.807, 2.05) is 18.2 Å². The van der Waals surface area contributed by atoms with Gasteiger partial charge in [0.25, 0.3) is 0 Å². The number of thioether (sulfide) groups is 1. The maximum atomic E-state index is 12.4. The quantitative estimate of drug-likeness (QED) is 0.615. The molecule has 0 spiro atoms. The summed E-state index contributed by atoms with van der Waals surface area (Å²) >= 11 is 7.45. The van der Waals surface area contributed by atoms with Crippen LogP contribution in [-0.4, -0.2) is 14.5 Å². The first-order chi connectivity index (χ1) is 12.2. The predicted octanol–water partition coefficient (Wildman–Crippen LogP) is 4.95. The van der Waals surface area contributed by atoms with E-state index >= 15 is 0 Å². The molecule has 0 aromatic carbocycles. The van der Waals surface area contributed by atoms with Gasteiger partial charge in [-0.1, -0.05) is 29.8 Å². The second-order valence-corrected chi connectivity index (χ2v) is 7.56. The monoisotopic (exact) mass is 367 g/mol. The minimum atomic E-state index is 0.176. The number of halogens is 1. The van der Waals surface area contributed by atoms with Crippen LogP contribution in [0.15, 0.2) is 47.8 Å². The summed E-state index contributed by atoms with van der Waals surface area (Å²) in [6.45, 7) is 0. The summed E-state index contributed by atoms with van der Waals surface area (Å²) in [6, 6.07) is 9.51. The Morgan fingerprint density at radius 1 is 1.32 bits per heavy atom. The van der Waals surface area contributed by atoms with Gasteiger partial charge < -0.3 is 4.40 Å². The molecule has 4 rings (SSSR count). The molecule has 1 saturated carbocycles. The van der Waals surface area contributed by atoms with Gasteiger partial charge in [-0.15, -0.1) is 0 Å². The third-order valence-corrected chi connectivity index (χ3v) is 5.88. The molecule has 25 heavy (non-hydrogen) atoms. The Labute approximate surface area is 154 Å². The second-order valence-electron chi connectivity index (χ2n) is 6.08. The van der Waals surface area contributed by atoms with E-state index in [4.69, 9.17) is 11.6 Å². The van der Waals surface area contributed by atoms with Gasteiger partial charge in [-0.25, -0.2) is 0 Å². The number of hydrogen-bond acceptors (Lipinski definition) is 4. The zero-order valence-corrected chi connectivity index (χ0v) is 14.8. The maximum Gasteiger partial charge on any atom is 0.196 e. The van der Waals surface area contributed by atoms with E-state index < -0.39 is 0 Å². The molecule has 0 unspecified atom stereocenters. The van der Waals surface area contributed by atoms with E-state index in [9.17, 15) is 10.1 Å². The van der Waals surface area contributed by atoms with E-state index in [1.165, 1.54) is 11.8 Å². The van der Waals surface area contributed by atoms with Gasteiger partial charge >= 0.3 is 0 Å². The second kappa shape index (κ2) is 6.55. The van der Waals surface area contributed by atoms with Crippen LogP contribution in [0.25, 0.3) is 16.6 Å². The molecule has 0 N–H and O–H groups in total. The molecule has 3 aromatic rings. The zero-order valence-electron chi connectivity index (χ0n) is 13.3. The highest BCUT2D eigenvalue weighted by molar-refractivity contribution is 8.13. The zero-order chi connectivity index (χ0) is 17.4. The Morgan fingerprint density at radius 3 is 2.88 bits per heavy atom. The van der Waals surface area contributed by atoms with Crippen LogP contribution in [0.1, 0.15) is 25.0 Å². The Balaban J connectivity index is 1.81. The minimum Gasteiger partial charge on any atom is -0.306 e. The molecule has 3 aromatic heterocycles. The number of rotatable bonds is 3. The van der Waals surface area contributed by atoms with Gasteiger partial charge in [0, 0.05) is 40.5 Å². The van der Waals surface area contributed by atoms with Crippen LogP contribution in [-0.2, 0) is 4.79 Å². The summed E-state index contributed by atoms with van der Waals surface area (Å²) in [7, 11) is 0. The number of aromatic nitrogens is 2. The number of hydrogen-bond donors (Lipinski definition) is 0.